The standard InChI is InChI=1S/C24H27FN2O4S2/c1-24(2)19(10-21(31-24)22-18-5-4-15(25)9-20(18)26-23(22)28)14-8-17(32-12-14)11-27(3)16-6-7-33(29,30)13-16/h4-5,8-10,12,16,29-30H,6-7,11,13H2,1-3H3,(H,26,28). The number of amides is 1. The molecule has 6 nitrogen and oxygen atoms in total. The SMILES string of the molecule is CN(Cc1cc(C2=CC(=C3C(=O)Nc4cc(F)ccc43)OC2(C)C)cs1)C1CCS(O)(O)C1. The number of allylic oxidation sites excluding steroid dienone is 1. The minimum Gasteiger partial charge on any atom is -0.482 e. The van der Waals surface area contributed by atoms with Gasteiger partial charge in [-0.05, 0) is 68.6 Å². The van der Waals surface area contributed by atoms with Crippen molar-refractivity contribution in [2.75, 3.05) is 23.9 Å². The molecule has 2 aromatic rings. The van der Waals surface area contributed by atoms with Gasteiger partial charge in [-0.1, -0.05) is 0 Å². The fourth-order valence-electron chi connectivity index (χ4n) is 4.73. The highest BCUT2D eigenvalue weighted by Crippen LogP contribution is 2.48. The Morgan fingerprint density at radius 3 is 2.85 bits per heavy atom. The van der Waals surface area contributed by atoms with Crippen LogP contribution in [0.15, 0.2) is 41.5 Å². The number of hydrogen-bond donors (Lipinski definition) is 3. The van der Waals surface area contributed by atoms with E-state index in [4.69, 9.17) is 4.74 Å². The lowest BCUT2D eigenvalue weighted by atomic mass is 9.94. The number of rotatable bonds is 4. The first kappa shape index (κ1) is 22.6. The van der Waals surface area contributed by atoms with E-state index in [2.05, 4.69) is 21.7 Å². The summed E-state index contributed by atoms with van der Waals surface area (Å²) in [6.45, 7) is 4.67. The van der Waals surface area contributed by atoms with Gasteiger partial charge in [-0.15, -0.1) is 11.3 Å². The van der Waals surface area contributed by atoms with Crippen molar-refractivity contribution < 1.29 is 23.0 Å². The summed E-state index contributed by atoms with van der Waals surface area (Å²) in [6.07, 6.45) is 2.71. The normalized spacial score (nSPS) is 26.2. The smallest absolute Gasteiger partial charge is 0.260 e. The van der Waals surface area contributed by atoms with Crippen LogP contribution in [0.5, 0.6) is 0 Å². The number of benzene rings is 1. The van der Waals surface area contributed by atoms with E-state index in [-0.39, 0.29) is 11.9 Å². The van der Waals surface area contributed by atoms with Crippen molar-refractivity contribution in [3.63, 3.8) is 0 Å². The molecule has 0 aliphatic carbocycles. The Balaban J connectivity index is 1.41. The van der Waals surface area contributed by atoms with Crippen molar-refractivity contribution in [1.82, 2.24) is 4.90 Å². The van der Waals surface area contributed by atoms with Crippen molar-refractivity contribution >= 4 is 44.7 Å². The van der Waals surface area contributed by atoms with Crippen molar-refractivity contribution in [2.45, 2.75) is 38.5 Å². The zero-order chi connectivity index (χ0) is 23.5. The Hall–Kier alpha value is -2.17. The molecule has 1 aromatic heterocycles. The van der Waals surface area contributed by atoms with Gasteiger partial charge in [-0.2, -0.15) is 10.6 Å². The quantitative estimate of drug-likeness (QED) is 0.500. The van der Waals surface area contributed by atoms with Crippen LogP contribution < -0.4 is 5.32 Å². The van der Waals surface area contributed by atoms with E-state index in [9.17, 15) is 18.3 Å². The molecule has 5 rings (SSSR count). The number of hydrogen-bond acceptors (Lipinski definition) is 6. The number of thiophene rings is 1. The third-order valence-electron chi connectivity index (χ3n) is 6.49. The molecule has 1 aromatic carbocycles. The van der Waals surface area contributed by atoms with Crippen molar-refractivity contribution in [3.8, 4) is 0 Å². The topological polar surface area (TPSA) is 82.0 Å². The monoisotopic (exact) mass is 490 g/mol. The molecule has 1 amide bonds. The molecule has 1 saturated heterocycles. The Morgan fingerprint density at radius 2 is 2.12 bits per heavy atom. The summed E-state index contributed by atoms with van der Waals surface area (Å²) in [5.74, 6) is 0.713. The molecule has 0 saturated carbocycles. The largest absolute Gasteiger partial charge is 0.482 e. The molecular weight excluding hydrogens is 463 g/mol. The van der Waals surface area contributed by atoms with Crippen LogP contribution in [-0.4, -0.2) is 50.1 Å². The number of anilines is 1. The van der Waals surface area contributed by atoms with Crippen molar-refractivity contribution in [1.29, 1.82) is 0 Å². The summed E-state index contributed by atoms with van der Waals surface area (Å²) in [6, 6.07) is 6.57. The number of halogens is 1. The minimum atomic E-state index is -2.42. The Morgan fingerprint density at radius 1 is 1.33 bits per heavy atom. The fourth-order valence-corrected chi connectivity index (χ4v) is 7.54. The molecule has 33 heavy (non-hydrogen) atoms. The van der Waals surface area contributed by atoms with Crippen LogP contribution in [0.25, 0.3) is 11.1 Å². The van der Waals surface area contributed by atoms with Gasteiger partial charge >= 0.3 is 0 Å². The van der Waals surface area contributed by atoms with Crippen LogP contribution in [0.1, 0.15) is 36.3 Å². The van der Waals surface area contributed by atoms with E-state index >= 15 is 0 Å². The van der Waals surface area contributed by atoms with Gasteiger partial charge in [-0.25, -0.2) is 4.39 Å². The average Bonchev–Trinajstić information content (AvgIpc) is 3.46. The Labute approximate surface area is 198 Å². The average molecular weight is 491 g/mol. The van der Waals surface area contributed by atoms with Gasteiger partial charge in [0, 0.05) is 34.4 Å². The van der Waals surface area contributed by atoms with E-state index in [0.29, 0.717) is 34.1 Å². The second-order valence-corrected chi connectivity index (χ2v) is 12.7. The molecule has 0 spiro atoms. The first-order chi connectivity index (χ1) is 15.5. The summed E-state index contributed by atoms with van der Waals surface area (Å²) >= 11 is 1.66. The molecule has 3 aliphatic rings. The van der Waals surface area contributed by atoms with Crippen molar-refractivity contribution in [3.05, 3.63) is 63.3 Å². The van der Waals surface area contributed by atoms with E-state index < -0.39 is 22.0 Å². The maximum absolute atomic E-state index is 13.6. The fraction of sp³-hybridized carbons (Fsp3) is 0.375. The van der Waals surface area contributed by atoms with E-state index in [0.717, 1.165) is 24.1 Å². The van der Waals surface area contributed by atoms with Crippen LogP contribution in [-0.2, 0) is 16.1 Å². The van der Waals surface area contributed by atoms with Crippen molar-refractivity contribution in [2.24, 2.45) is 0 Å². The highest BCUT2D eigenvalue weighted by Gasteiger charge is 2.38. The maximum atomic E-state index is 13.6. The van der Waals surface area contributed by atoms with Gasteiger partial charge in [-0.3, -0.25) is 18.8 Å². The molecule has 0 radical (unpaired) electrons. The summed E-state index contributed by atoms with van der Waals surface area (Å²) in [5, 5.41) is 4.81. The highest BCUT2D eigenvalue weighted by molar-refractivity contribution is 8.24. The molecule has 1 fully saturated rings. The summed E-state index contributed by atoms with van der Waals surface area (Å²) in [7, 11) is -0.399. The van der Waals surface area contributed by atoms with Gasteiger partial charge in [0.05, 0.1) is 17.0 Å². The van der Waals surface area contributed by atoms with Crippen LogP contribution in [0, 0.1) is 5.82 Å². The highest BCUT2D eigenvalue weighted by atomic mass is 32.3. The summed E-state index contributed by atoms with van der Waals surface area (Å²) < 4.78 is 39.7. The lowest BCUT2D eigenvalue weighted by Gasteiger charge is -2.28. The number of ether oxygens (including phenoxy) is 1. The molecule has 4 heterocycles. The van der Waals surface area contributed by atoms with Crippen LogP contribution in [0.3, 0.4) is 0 Å². The number of nitrogens with one attached hydrogen (secondary N) is 1. The molecule has 3 aliphatic heterocycles. The maximum Gasteiger partial charge on any atom is 0.260 e. The van der Waals surface area contributed by atoms with Crippen LogP contribution in [0.2, 0.25) is 0 Å². The number of nitrogens with zero attached hydrogens (tertiary/aromatic N) is 1. The first-order valence-electron chi connectivity index (χ1n) is 10.8. The first-order valence-corrected chi connectivity index (χ1v) is 13.6. The van der Waals surface area contributed by atoms with Gasteiger partial charge < -0.3 is 10.1 Å². The number of carbonyl (C=O) groups excluding carboxylic acids is 1. The predicted octanol–water partition coefficient (Wildman–Crippen LogP) is 5.40. The summed E-state index contributed by atoms with van der Waals surface area (Å²) in [5.41, 5.74) is 2.90. The Bertz CT molecular complexity index is 1200. The zero-order valence-electron chi connectivity index (χ0n) is 18.7. The minimum absolute atomic E-state index is 0.174. The molecule has 176 valence electrons. The molecule has 9 heteroatoms. The Kier molecular flexibility index (Phi) is 5.45. The number of fused-ring (bicyclic) bond motifs is 1. The molecule has 0 bridgehead atoms. The predicted molar refractivity (Wildman–Crippen MR) is 132 cm³/mol. The van der Waals surface area contributed by atoms with Gasteiger partial charge in [0.1, 0.15) is 17.2 Å². The zero-order valence-corrected chi connectivity index (χ0v) is 20.4. The van der Waals surface area contributed by atoms with Crippen LogP contribution >= 0.6 is 21.9 Å². The van der Waals surface area contributed by atoms with Gasteiger partial charge in [0.2, 0.25) is 0 Å². The molecule has 3 N–H and O–H groups in total. The van der Waals surface area contributed by atoms with Gasteiger partial charge in [0.15, 0.2) is 0 Å². The third kappa shape index (κ3) is 4.24. The number of carbonyl (C=O) groups is 1. The van der Waals surface area contributed by atoms with Crippen LogP contribution in [0.4, 0.5) is 10.1 Å². The lowest BCUT2D eigenvalue weighted by molar-refractivity contribution is -0.111. The third-order valence-corrected chi connectivity index (χ3v) is 9.22. The molecule has 1 unspecified atom stereocenters. The van der Waals surface area contributed by atoms with E-state index in [1.165, 1.54) is 17.0 Å². The molecule has 1 atom stereocenters. The second-order valence-electron chi connectivity index (χ2n) is 9.39. The molecular formula is C24H27FN2O4S2. The van der Waals surface area contributed by atoms with E-state index in [1.807, 2.05) is 27.0 Å². The lowest BCUT2D eigenvalue weighted by Crippen LogP contribution is -2.31. The second kappa shape index (κ2) is 7.95. The summed E-state index contributed by atoms with van der Waals surface area (Å²) in [4.78, 5) is 16.0. The van der Waals surface area contributed by atoms with E-state index in [1.54, 1.807) is 17.4 Å². The van der Waals surface area contributed by atoms with Gasteiger partial charge in [0.25, 0.3) is 5.91 Å².